The van der Waals surface area contributed by atoms with Crippen molar-refractivity contribution >= 4 is 21.6 Å². The molecular formula is C15H20BrF2N. The minimum Gasteiger partial charge on any atom is -0.367 e. The lowest BCUT2D eigenvalue weighted by atomic mass is 9.98. The fourth-order valence-electron chi connectivity index (χ4n) is 2.79. The average molecular weight is 332 g/mol. The van der Waals surface area contributed by atoms with Crippen molar-refractivity contribution in [2.75, 3.05) is 18.0 Å². The van der Waals surface area contributed by atoms with Gasteiger partial charge in [-0.15, -0.1) is 0 Å². The van der Waals surface area contributed by atoms with Crippen molar-refractivity contribution in [3.8, 4) is 0 Å². The van der Waals surface area contributed by atoms with Gasteiger partial charge in [0.2, 0.25) is 0 Å². The molecule has 1 fully saturated rings. The summed E-state index contributed by atoms with van der Waals surface area (Å²) in [5.74, 6) is -0.188. The normalized spacial score (nSPS) is 20.4. The number of anilines is 1. The van der Waals surface area contributed by atoms with Crippen LogP contribution < -0.4 is 4.90 Å². The summed E-state index contributed by atoms with van der Waals surface area (Å²) in [7, 11) is 0. The minimum absolute atomic E-state index is 0.154. The summed E-state index contributed by atoms with van der Waals surface area (Å²) in [4.78, 5) is 1.87. The van der Waals surface area contributed by atoms with Gasteiger partial charge in [0.1, 0.15) is 17.3 Å². The third-order valence-electron chi connectivity index (χ3n) is 3.97. The summed E-state index contributed by atoms with van der Waals surface area (Å²) in [6.07, 6.45) is 4.35. The summed E-state index contributed by atoms with van der Waals surface area (Å²) in [5, 5.41) is 0.471. The van der Waals surface area contributed by atoms with Gasteiger partial charge in [-0.25, -0.2) is 8.78 Å². The first-order valence-corrected chi connectivity index (χ1v) is 8.06. The maximum absolute atomic E-state index is 14.1. The molecule has 0 radical (unpaired) electrons. The van der Waals surface area contributed by atoms with Crippen molar-refractivity contribution in [1.82, 2.24) is 0 Å². The van der Waals surface area contributed by atoms with Gasteiger partial charge in [-0.05, 0) is 42.9 Å². The minimum atomic E-state index is -0.440. The highest BCUT2D eigenvalue weighted by Gasteiger charge is 2.21. The van der Waals surface area contributed by atoms with Gasteiger partial charge in [-0.3, -0.25) is 0 Å². The maximum Gasteiger partial charge on any atom is 0.149 e. The molecule has 0 spiro atoms. The zero-order chi connectivity index (χ0) is 13.8. The second-order valence-electron chi connectivity index (χ2n) is 5.23. The fraction of sp³-hybridized carbons (Fsp3) is 0.600. The standard InChI is InChI=1S/C15H20BrF2N/c1-2-11-4-3-6-19(7-5-11)15-13(17)8-12(10-16)9-14(15)18/h8-9,11H,2-7,10H2,1H3. The zero-order valence-corrected chi connectivity index (χ0v) is 12.8. The number of hydrogen-bond acceptors (Lipinski definition) is 1. The van der Waals surface area contributed by atoms with Crippen LogP contribution in [0.2, 0.25) is 0 Å². The van der Waals surface area contributed by atoms with Crippen LogP contribution in [0, 0.1) is 17.6 Å². The molecule has 19 heavy (non-hydrogen) atoms. The van der Waals surface area contributed by atoms with E-state index in [1.165, 1.54) is 12.1 Å². The van der Waals surface area contributed by atoms with E-state index in [2.05, 4.69) is 22.9 Å². The van der Waals surface area contributed by atoms with E-state index in [0.717, 1.165) is 38.8 Å². The highest BCUT2D eigenvalue weighted by Crippen LogP contribution is 2.29. The second-order valence-corrected chi connectivity index (χ2v) is 5.79. The van der Waals surface area contributed by atoms with Crippen LogP contribution in [0.4, 0.5) is 14.5 Å². The topological polar surface area (TPSA) is 3.24 Å². The molecule has 0 aliphatic carbocycles. The molecule has 1 nitrogen and oxygen atoms in total. The first-order chi connectivity index (χ1) is 9.15. The smallest absolute Gasteiger partial charge is 0.149 e. The Bertz CT molecular complexity index is 413. The van der Waals surface area contributed by atoms with Gasteiger partial charge in [0.25, 0.3) is 0 Å². The van der Waals surface area contributed by atoms with Gasteiger partial charge in [0, 0.05) is 18.4 Å². The van der Waals surface area contributed by atoms with E-state index >= 15 is 0 Å². The van der Waals surface area contributed by atoms with Crippen molar-refractivity contribution in [3.63, 3.8) is 0 Å². The molecule has 1 atom stereocenters. The first-order valence-electron chi connectivity index (χ1n) is 6.94. The Hall–Kier alpha value is -0.640. The summed E-state index contributed by atoms with van der Waals surface area (Å²) in [6.45, 7) is 3.68. The number of alkyl halides is 1. The molecule has 1 aliphatic rings. The average Bonchev–Trinajstić information content (AvgIpc) is 2.63. The fourth-order valence-corrected chi connectivity index (χ4v) is 3.12. The van der Waals surface area contributed by atoms with Crippen LogP contribution in [0.1, 0.15) is 38.2 Å². The molecule has 1 saturated heterocycles. The lowest BCUT2D eigenvalue weighted by Crippen LogP contribution is -2.26. The van der Waals surface area contributed by atoms with Gasteiger partial charge in [0.05, 0.1) is 0 Å². The number of nitrogens with zero attached hydrogens (tertiary/aromatic N) is 1. The maximum atomic E-state index is 14.1. The molecule has 1 aliphatic heterocycles. The van der Waals surface area contributed by atoms with Crippen LogP contribution in [0.15, 0.2) is 12.1 Å². The van der Waals surface area contributed by atoms with Crippen molar-refractivity contribution in [2.45, 2.75) is 37.9 Å². The molecule has 1 aromatic carbocycles. The van der Waals surface area contributed by atoms with Crippen LogP contribution in [0.3, 0.4) is 0 Å². The Kier molecular flexibility index (Phi) is 5.20. The number of benzene rings is 1. The van der Waals surface area contributed by atoms with Crippen LogP contribution >= 0.6 is 15.9 Å². The van der Waals surface area contributed by atoms with Gasteiger partial charge in [0.15, 0.2) is 0 Å². The van der Waals surface area contributed by atoms with Crippen molar-refractivity contribution in [3.05, 3.63) is 29.3 Å². The molecule has 4 heteroatoms. The Morgan fingerprint density at radius 2 is 1.89 bits per heavy atom. The van der Waals surface area contributed by atoms with E-state index in [1.54, 1.807) is 0 Å². The molecule has 106 valence electrons. The summed E-state index contributed by atoms with van der Waals surface area (Å²) < 4.78 is 28.2. The van der Waals surface area contributed by atoms with Crippen LogP contribution in [0.25, 0.3) is 0 Å². The van der Waals surface area contributed by atoms with E-state index in [-0.39, 0.29) is 5.69 Å². The predicted octanol–water partition coefficient (Wildman–Crippen LogP) is 4.88. The molecule has 1 unspecified atom stereocenters. The van der Waals surface area contributed by atoms with Crippen molar-refractivity contribution in [2.24, 2.45) is 5.92 Å². The highest BCUT2D eigenvalue weighted by molar-refractivity contribution is 9.08. The summed E-state index contributed by atoms with van der Waals surface area (Å²) >= 11 is 3.23. The Morgan fingerprint density at radius 1 is 1.21 bits per heavy atom. The molecule has 0 N–H and O–H groups in total. The molecule has 0 aromatic heterocycles. The monoisotopic (exact) mass is 331 g/mol. The highest BCUT2D eigenvalue weighted by atomic mass is 79.9. The molecular weight excluding hydrogens is 312 g/mol. The SMILES string of the molecule is CCC1CCCN(c2c(F)cc(CBr)cc2F)CC1. The first kappa shape index (κ1) is 14.8. The molecule has 0 amide bonds. The Morgan fingerprint density at radius 3 is 2.47 bits per heavy atom. The zero-order valence-electron chi connectivity index (χ0n) is 11.3. The molecule has 1 heterocycles. The summed E-state index contributed by atoms with van der Waals surface area (Å²) in [6, 6.07) is 2.85. The lowest BCUT2D eigenvalue weighted by molar-refractivity contribution is 0.459. The number of rotatable bonds is 3. The third kappa shape index (κ3) is 3.47. The predicted molar refractivity (Wildman–Crippen MR) is 78.8 cm³/mol. The summed E-state index contributed by atoms with van der Waals surface area (Å²) in [5.41, 5.74) is 0.793. The van der Waals surface area contributed by atoms with E-state index in [9.17, 15) is 8.78 Å². The molecule has 2 rings (SSSR count). The van der Waals surface area contributed by atoms with Gasteiger partial charge < -0.3 is 4.90 Å². The largest absolute Gasteiger partial charge is 0.367 e. The van der Waals surface area contributed by atoms with E-state index in [4.69, 9.17) is 0 Å². The lowest BCUT2D eigenvalue weighted by Gasteiger charge is -2.24. The Balaban J connectivity index is 2.21. The van der Waals surface area contributed by atoms with E-state index in [1.807, 2.05) is 4.90 Å². The van der Waals surface area contributed by atoms with Crippen LogP contribution in [-0.4, -0.2) is 13.1 Å². The van der Waals surface area contributed by atoms with Crippen molar-refractivity contribution in [1.29, 1.82) is 0 Å². The van der Waals surface area contributed by atoms with E-state index in [0.29, 0.717) is 16.8 Å². The van der Waals surface area contributed by atoms with Gasteiger partial charge in [-0.2, -0.15) is 0 Å². The van der Waals surface area contributed by atoms with Gasteiger partial charge in [-0.1, -0.05) is 29.3 Å². The molecule has 1 aromatic rings. The van der Waals surface area contributed by atoms with Crippen LogP contribution in [-0.2, 0) is 5.33 Å². The number of halogens is 3. The molecule has 0 bridgehead atoms. The van der Waals surface area contributed by atoms with Crippen molar-refractivity contribution < 1.29 is 8.78 Å². The number of hydrogen-bond donors (Lipinski definition) is 0. The third-order valence-corrected chi connectivity index (χ3v) is 4.62. The van der Waals surface area contributed by atoms with Gasteiger partial charge >= 0.3 is 0 Å². The Labute approximate surface area is 122 Å². The van der Waals surface area contributed by atoms with Crippen LogP contribution in [0.5, 0.6) is 0 Å². The molecule has 0 saturated carbocycles. The second kappa shape index (κ2) is 6.69. The quantitative estimate of drug-likeness (QED) is 0.714. The van der Waals surface area contributed by atoms with E-state index < -0.39 is 11.6 Å².